The second-order valence-electron chi connectivity index (χ2n) is 6.01. The van der Waals surface area contributed by atoms with Crippen molar-refractivity contribution in [2.24, 2.45) is 5.73 Å². The second kappa shape index (κ2) is 8.40. The summed E-state index contributed by atoms with van der Waals surface area (Å²) in [5.74, 6) is 1.98. The predicted molar refractivity (Wildman–Crippen MR) is 84.7 cm³/mol. The Bertz CT molecular complexity index is 386. The Balaban J connectivity index is 2.68. The molecule has 2 N–H and O–H groups in total. The van der Waals surface area contributed by atoms with Gasteiger partial charge in [-0.15, -0.1) is 0 Å². The summed E-state index contributed by atoms with van der Waals surface area (Å²) < 4.78 is 2.06. The quantitative estimate of drug-likeness (QED) is 0.666. The number of nitrogens with two attached hydrogens (primary N) is 1. The zero-order valence-corrected chi connectivity index (χ0v) is 13.8. The summed E-state index contributed by atoms with van der Waals surface area (Å²) in [4.78, 5) is 4.58. The van der Waals surface area contributed by atoms with Crippen molar-refractivity contribution in [3.05, 3.63) is 11.6 Å². The van der Waals surface area contributed by atoms with E-state index in [9.17, 15) is 0 Å². The summed E-state index contributed by atoms with van der Waals surface area (Å²) in [5, 5.41) is 4.55. The molecule has 1 aromatic heterocycles. The number of hydrogen-bond donors (Lipinski definition) is 1. The van der Waals surface area contributed by atoms with Crippen LogP contribution in [0.25, 0.3) is 0 Å². The Kier molecular flexibility index (Phi) is 7.20. The van der Waals surface area contributed by atoms with Gasteiger partial charge in [-0.1, -0.05) is 46.5 Å². The van der Waals surface area contributed by atoms with E-state index in [1.54, 1.807) is 0 Å². The molecule has 0 fully saturated rings. The first-order chi connectivity index (χ1) is 9.54. The standard InChI is InChI=1S/C16H32N4/c1-5-8-9-10-11-15-18-14(4)19-20(15)13-16(17,7-3)12-6-2/h5-13,17H2,1-4H3. The van der Waals surface area contributed by atoms with E-state index in [-0.39, 0.29) is 5.54 Å². The van der Waals surface area contributed by atoms with Gasteiger partial charge in [-0.25, -0.2) is 9.67 Å². The lowest BCUT2D eigenvalue weighted by atomic mass is 9.92. The van der Waals surface area contributed by atoms with E-state index in [2.05, 4.69) is 35.5 Å². The maximum absolute atomic E-state index is 6.51. The van der Waals surface area contributed by atoms with Crippen LogP contribution in [-0.4, -0.2) is 20.3 Å². The fourth-order valence-corrected chi connectivity index (χ4v) is 2.68. The van der Waals surface area contributed by atoms with Gasteiger partial charge in [0.15, 0.2) is 0 Å². The number of hydrogen-bond acceptors (Lipinski definition) is 3. The van der Waals surface area contributed by atoms with Crippen molar-refractivity contribution in [2.45, 2.75) is 91.1 Å². The summed E-state index contributed by atoms with van der Waals surface area (Å²) in [7, 11) is 0. The number of rotatable bonds is 10. The molecule has 0 radical (unpaired) electrons. The van der Waals surface area contributed by atoms with Crippen LogP contribution >= 0.6 is 0 Å². The Hall–Kier alpha value is -0.900. The number of aryl methyl sites for hydroxylation is 2. The number of aromatic nitrogens is 3. The highest BCUT2D eigenvalue weighted by molar-refractivity contribution is 4.94. The molecule has 1 aromatic rings. The van der Waals surface area contributed by atoms with Crippen LogP contribution in [0.4, 0.5) is 0 Å². The number of unbranched alkanes of at least 4 members (excludes halogenated alkanes) is 3. The monoisotopic (exact) mass is 280 g/mol. The molecule has 1 rings (SSSR count). The van der Waals surface area contributed by atoms with Crippen LogP contribution in [0, 0.1) is 6.92 Å². The zero-order valence-electron chi connectivity index (χ0n) is 13.8. The fourth-order valence-electron chi connectivity index (χ4n) is 2.68. The SMILES string of the molecule is CCCCCCc1nc(C)nn1CC(N)(CC)CCC. The van der Waals surface area contributed by atoms with Crippen LogP contribution in [0.1, 0.15) is 77.4 Å². The molecule has 0 saturated carbocycles. The van der Waals surface area contributed by atoms with Crippen LogP contribution in [0.3, 0.4) is 0 Å². The summed E-state index contributed by atoms with van der Waals surface area (Å²) in [5.41, 5.74) is 6.36. The molecule has 1 unspecified atom stereocenters. The maximum Gasteiger partial charge on any atom is 0.147 e. The molecular weight excluding hydrogens is 248 g/mol. The molecule has 20 heavy (non-hydrogen) atoms. The van der Waals surface area contributed by atoms with Gasteiger partial charge in [0.2, 0.25) is 0 Å². The lowest BCUT2D eigenvalue weighted by Gasteiger charge is -2.28. The van der Waals surface area contributed by atoms with Crippen LogP contribution < -0.4 is 5.73 Å². The summed E-state index contributed by atoms with van der Waals surface area (Å²) >= 11 is 0. The minimum atomic E-state index is -0.146. The molecule has 0 amide bonds. The van der Waals surface area contributed by atoms with Gasteiger partial charge in [0.25, 0.3) is 0 Å². The fraction of sp³-hybridized carbons (Fsp3) is 0.875. The van der Waals surface area contributed by atoms with Gasteiger partial charge >= 0.3 is 0 Å². The lowest BCUT2D eigenvalue weighted by molar-refractivity contribution is 0.304. The van der Waals surface area contributed by atoms with Crippen LogP contribution in [0.5, 0.6) is 0 Å². The first-order valence-corrected chi connectivity index (χ1v) is 8.23. The molecule has 0 bridgehead atoms. The Morgan fingerprint density at radius 2 is 1.85 bits per heavy atom. The lowest BCUT2D eigenvalue weighted by Crippen LogP contribution is -2.44. The summed E-state index contributed by atoms with van der Waals surface area (Å²) in [6, 6.07) is 0. The molecule has 0 spiro atoms. The molecule has 0 aromatic carbocycles. The van der Waals surface area contributed by atoms with E-state index < -0.39 is 0 Å². The highest BCUT2D eigenvalue weighted by Crippen LogP contribution is 2.18. The van der Waals surface area contributed by atoms with Crippen molar-refractivity contribution >= 4 is 0 Å². The highest BCUT2D eigenvalue weighted by Gasteiger charge is 2.24. The van der Waals surface area contributed by atoms with E-state index in [0.717, 1.165) is 43.9 Å². The predicted octanol–water partition coefficient (Wildman–Crippen LogP) is 3.62. The Morgan fingerprint density at radius 3 is 2.45 bits per heavy atom. The summed E-state index contributed by atoms with van der Waals surface area (Å²) in [6.07, 6.45) is 9.20. The maximum atomic E-state index is 6.51. The molecule has 0 aliphatic heterocycles. The van der Waals surface area contributed by atoms with E-state index in [1.165, 1.54) is 25.7 Å². The molecule has 1 heterocycles. The molecule has 4 heteroatoms. The van der Waals surface area contributed by atoms with Crippen LogP contribution in [0.2, 0.25) is 0 Å². The number of nitrogens with zero attached hydrogens (tertiary/aromatic N) is 3. The third-order valence-corrected chi connectivity index (χ3v) is 4.02. The first kappa shape index (κ1) is 17.2. The van der Waals surface area contributed by atoms with Crippen LogP contribution in [-0.2, 0) is 13.0 Å². The molecular formula is C16H32N4. The minimum Gasteiger partial charge on any atom is -0.324 e. The van der Waals surface area contributed by atoms with Gasteiger partial charge in [0, 0.05) is 12.0 Å². The minimum absolute atomic E-state index is 0.146. The van der Waals surface area contributed by atoms with Gasteiger partial charge in [-0.05, 0) is 26.2 Å². The third-order valence-electron chi connectivity index (χ3n) is 4.02. The van der Waals surface area contributed by atoms with Crippen LogP contribution in [0.15, 0.2) is 0 Å². The summed E-state index contributed by atoms with van der Waals surface area (Å²) in [6.45, 7) is 9.36. The average molecular weight is 280 g/mol. The topological polar surface area (TPSA) is 56.7 Å². The third kappa shape index (κ3) is 5.23. The normalized spacial score (nSPS) is 14.4. The van der Waals surface area contributed by atoms with Gasteiger partial charge < -0.3 is 5.73 Å². The molecule has 0 aliphatic rings. The highest BCUT2D eigenvalue weighted by atomic mass is 15.4. The smallest absolute Gasteiger partial charge is 0.147 e. The first-order valence-electron chi connectivity index (χ1n) is 8.23. The van der Waals surface area contributed by atoms with E-state index in [1.807, 2.05) is 6.92 Å². The van der Waals surface area contributed by atoms with Gasteiger partial charge in [-0.2, -0.15) is 5.10 Å². The average Bonchev–Trinajstić information content (AvgIpc) is 2.75. The van der Waals surface area contributed by atoms with Gasteiger partial charge in [0.1, 0.15) is 11.6 Å². The molecule has 0 saturated heterocycles. The largest absolute Gasteiger partial charge is 0.324 e. The molecule has 116 valence electrons. The van der Waals surface area contributed by atoms with E-state index in [4.69, 9.17) is 5.73 Å². The molecule has 4 nitrogen and oxygen atoms in total. The second-order valence-corrected chi connectivity index (χ2v) is 6.01. The van der Waals surface area contributed by atoms with Gasteiger partial charge in [-0.3, -0.25) is 0 Å². The van der Waals surface area contributed by atoms with Gasteiger partial charge in [0.05, 0.1) is 6.54 Å². The van der Waals surface area contributed by atoms with Crippen molar-refractivity contribution in [2.75, 3.05) is 0 Å². The van der Waals surface area contributed by atoms with Crippen molar-refractivity contribution in [1.82, 2.24) is 14.8 Å². The van der Waals surface area contributed by atoms with E-state index >= 15 is 0 Å². The Labute approximate surface area is 124 Å². The van der Waals surface area contributed by atoms with Crippen molar-refractivity contribution in [3.8, 4) is 0 Å². The van der Waals surface area contributed by atoms with Crippen molar-refractivity contribution in [1.29, 1.82) is 0 Å². The zero-order chi connectivity index (χ0) is 15.0. The van der Waals surface area contributed by atoms with Crippen molar-refractivity contribution in [3.63, 3.8) is 0 Å². The molecule has 1 atom stereocenters. The Morgan fingerprint density at radius 1 is 1.10 bits per heavy atom. The van der Waals surface area contributed by atoms with Crippen molar-refractivity contribution < 1.29 is 0 Å². The van der Waals surface area contributed by atoms with E-state index in [0.29, 0.717) is 0 Å². The molecule has 0 aliphatic carbocycles.